The van der Waals surface area contributed by atoms with E-state index in [4.69, 9.17) is 0 Å². The smallest absolute Gasteiger partial charge is 0.0997 e. The van der Waals surface area contributed by atoms with Crippen LogP contribution in [0.25, 0.3) is 0 Å². The van der Waals surface area contributed by atoms with Crippen molar-refractivity contribution >= 4 is 5.69 Å². The highest BCUT2D eigenvalue weighted by molar-refractivity contribution is 5.53. The SMILES string of the molecule is Cc1ccccc1N(CC[O])Cc1ccccc1. The van der Waals surface area contributed by atoms with Crippen LogP contribution in [0.4, 0.5) is 5.69 Å². The van der Waals surface area contributed by atoms with E-state index in [1.807, 2.05) is 30.3 Å². The lowest BCUT2D eigenvalue weighted by molar-refractivity contribution is 0.200. The molecule has 2 nitrogen and oxygen atoms in total. The van der Waals surface area contributed by atoms with Gasteiger partial charge in [-0.1, -0.05) is 48.5 Å². The molecular formula is C16H18NO. The molecule has 1 radical (unpaired) electrons. The summed E-state index contributed by atoms with van der Waals surface area (Å²) in [6, 6.07) is 18.5. The van der Waals surface area contributed by atoms with Crippen molar-refractivity contribution in [1.29, 1.82) is 0 Å². The maximum Gasteiger partial charge on any atom is 0.0997 e. The van der Waals surface area contributed by atoms with Gasteiger partial charge in [0, 0.05) is 18.8 Å². The standard InChI is InChI=1S/C16H18NO/c1-14-7-5-6-10-16(14)17(11-12-18)13-15-8-3-2-4-9-15/h2-10H,11-13H2,1H3. The zero-order valence-corrected chi connectivity index (χ0v) is 10.7. The minimum Gasteiger partial charge on any atom is -0.365 e. The van der Waals surface area contributed by atoms with Crippen LogP contribution in [-0.2, 0) is 11.7 Å². The molecule has 2 rings (SSSR count). The number of para-hydroxylation sites is 1. The van der Waals surface area contributed by atoms with Gasteiger partial charge in [0.05, 0.1) is 6.61 Å². The maximum absolute atomic E-state index is 11.0. The molecule has 93 valence electrons. The van der Waals surface area contributed by atoms with E-state index in [9.17, 15) is 5.11 Å². The second-order valence-corrected chi connectivity index (χ2v) is 4.40. The van der Waals surface area contributed by atoms with Crippen LogP contribution >= 0.6 is 0 Å². The third kappa shape index (κ3) is 3.11. The summed E-state index contributed by atoms with van der Waals surface area (Å²) in [6.45, 7) is 3.33. The van der Waals surface area contributed by atoms with Crippen LogP contribution in [0.15, 0.2) is 54.6 Å². The molecule has 0 spiro atoms. The molecule has 0 bridgehead atoms. The predicted molar refractivity (Wildman–Crippen MR) is 74.2 cm³/mol. The Balaban J connectivity index is 2.21. The molecule has 2 aromatic carbocycles. The Morgan fingerprint density at radius 1 is 0.944 bits per heavy atom. The first-order chi connectivity index (χ1) is 8.81. The quantitative estimate of drug-likeness (QED) is 0.785. The zero-order chi connectivity index (χ0) is 12.8. The molecule has 0 aromatic heterocycles. The first-order valence-corrected chi connectivity index (χ1v) is 6.24. The third-order valence-electron chi connectivity index (χ3n) is 3.03. The molecule has 0 atom stereocenters. The molecule has 0 aliphatic heterocycles. The Hall–Kier alpha value is -1.80. The minimum absolute atomic E-state index is 0.0822. The molecular weight excluding hydrogens is 222 g/mol. The summed E-state index contributed by atoms with van der Waals surface area (Å²) in [4.78, 5) is 2.15. The highest BCUT2D eigenvalue weighted by Crippen LogP contribution is 2.21. The van der Waals surface area contributed by atoms with E-state index >= 15 is 0 Å². The fraction of sp³-hybridized carbons (Fsp3) is 0.250. The number of anilines is 1. The summed E-state index contributed by atoms with van der Waals surface area (Å²) in [5.74, 6) is 0. The predicted octanol–water partition coefficient (Wildman–Crippen LogP) is 3.43. The molecule has 0 N–H and O–H groups in total. The van der Waals surface area contributed by atoms with Crippen molar-refractivity contribution in [3.05, 3.63) is 65.7 Å². The molecule has 0 heterocycles. The number of hydrogen-bond donors (Lipinski definition) is 0. The lowest BCUT2D eigenvalue weighted by Crippen LogP contribution is -2.26. The van der Waals surface area contributed by atoms with Crippen molar-refractivity contribution in [1.82, 2.24) is 0 Å². The molecule has 18 heavy (non-hydrogen) atoms. The topological polar surface area (TPSA) is 23.1 Å². The van der Waals surface area contributed by atoms with Crippen LogP contribution in [0.5, 0.6) is 0 Å². The summed E-state index contributed by atoms with van der Waals surface area (Å²) in [7, 11) is 0. The Morgan fingerprint density at radius 2 is 1.61 bits per heavy atom. The van der Waals surface area contributed by atoms with E-state index in [2.05, 4.69) is 36.1 Å². The first kappa shape index (κ1) is 12.7. The van der Waals surface area contributed by atoms with Crippen molar-refractivity contribution in [3.63, 3.8) is 0 Å². The first-order valence-electron chi connectivity index (χ1n) is 6.24. The molecule has 0 saturated heterocycles. The van der Waals surface area contributed by atoms with Crippen molar-refractivity contribution in [2.24, 2.45) is 0 Å². The van der Waals surface area contributed by atoms with Gasteiger partial charge in [-0.15, -0.1) is 0 Å². The van der Waals surface area contributed by atoms with Gasteiger partial charge in [-0.05, 0) is 24.1 Å². The van der Waals surface area contributed by atoms with Gasteiger partial charge in [0.25, 0.3) is 0 Å². The summed E-state index contributed by atoms with van der Waals surface area (Å²) in [6.07, 6.45) is 0. The van der Waals surface area contributed by atoms with E-state index in [0.717, 1.165) is 12.2 Å². The van der Waals surface area contributed by atoms with Gasteiger partial charge in [-0.3, -0.25) is 0 Å². The molecule has 0 saturated carbocycles. The maximum atomic E-state index is 11.0. The van der Waals surface area contributed by atoms with E-state index in [0.29, 0.717) is 6.54 Å². The molecule has 0 amide bonds. The number of benzene rings is 2. The molecule has 0 fully saturated rings. The second kappa shape index (κ2) is 6.22. The van der Waals surface area contributed by atoms with Crippen LogP contribution in [0.3, 0.4) is 0 Å². The summed E-state index contributed by atoms with van der Waals surface area (Å²) < 4.78 is 0. The third-order valence-corrected chi connectivity index (χ3v) is 3.03. The number of hydrogen-bond acceptors (Lipinski definition) is 1. The molecule has 0 aliphatic carbocycles. The Morgan fingerprint density at radius 3 is 2.28 bits per heavy atom. The van der Waals surface area contributed by atoms with Gasteiger partial charge in [0.2, 0.25) is 0 Å². The van der Waals surface area contributed by atoms with Gasteiger partial charge in [0.1, 0.15) is 0 Å². The van der Waals surface area contributed by atoms with Crippen LogP contribution in [-0.4, -0.2) is 13.2 Å². The van der Waals surface area contributed by atoms with Crippen LogP contribution in [0.1, 0.15) is 11.1 Å². The fourth-order valence-electron chi connectivity index (χ4n) is 2.12. The normalized spacial score (nSPS) is 10.3. The average Bonchev–Trinajstić information content (AvgIpc) is 2.40. The molecule has 0 unspecified atom stereocenters. The average molecular weight is 240 g/mol. The largest absolute Gasteiger partial charge is 0.365 e. The van der Waals surface area contributed by atoms with E-state index in [-0.39, 0.29) is 6.61 Å². The van der Waals surface area contributed by atoms with Gasteiger partial charge in [-0.2, -0.15) is 0 Å². The van der Waals surface area contributed by atoms with Gasteiger partial charge >= 0.3 is 0 Å². The lowest BCUT2D eigenvalue weighted by Gasteiger charge is -2.25. The van der Waals surface area contributed by atoms with Crippen LogP contribution in [0, 0.1) is 6.92 Å². The molecule has 2 aromatic rings. The van der Waals surface area contributed by atoms with Gasteiger partial charge in [0.15, 0.2) is 0 Å². The zero-order valence-electron chi connectivity index (χ0n) is 10.7. The number of aryl methyl sites for hydroxylation is 1. The van der Waals surface area contributed by atoms with Crippen molar-refractivity contribution in [3.8, 4) is 0 Å². The Labute approximate surface area is 109 Å². The number of rotatable bonds is 5. The fourth-order valence-corrected chi connectivity index (χ4v) is 2.12. The second-order valence-electron chi connectivity index (χ2n) is 4.40. The Kier molecular flexibility index (Phi) is 4.37. The van der Waals surface area contributed by atoms with Gasteiger partial charge < -0.3 is 4.90 Å². The lowest BCUT2D eigenvalue weighted by atomic mass is 10.1. The van der Waals surface area contributed by atoms with Crippen molar-refractivity contribution < 1.29 is 5.11 Å². The van der Waals surface area contributed by atoms with E-state index < -0.39 is 0 Å². The van der Waals surface area contributed by atoms with Crippen LogP contribution < -0.4 is 4.90 Å². The monoisotopic (exact) mass is 240 g/mol. The van der Waals surface area contributed by atoms with E-state index in [1.165, 1.54) is 11.1 Å². The molecule has 2 heteroatoms. The van der Waals surface area contributed by atoms with Crippen molar-refractivity contribution in [2.75, 3.05) is 18.1 Å². The molecule has 0 aliphatic rings. The minimum atomic E-state index is -0.0822. The highest BCUT2D eigenvalue weighted by atomic mass is 16.3. The summed E-state index contributed by atoms with van der Waals surface area (Å²) in [5.41, 5.74) is 3.59. The van der Waals surface area contributed by atoms with Gasteiger partial charge in [-0.25, -0.2) is 5.11 Å². The van der Waals surface area contributed by atoms with Crippen molar-refractivity contribution in [2.45, 2.75) is 13.5 Å². The highest BCUT2D eigenvalue weighted by Gasteiger charge is 2.08. The van der Waals surface area contributed by atoms with E-state index in [1.54, 1.807) is 0 Å². The summed E-state index contributed by atoms with van der Waals surface area (Å²) >= 11 is 0. The summed E-state index contributed by atoms with van der Waals surface area (Å²) in [5, 5.41) is 11.0. The number of nitrogens with zero attached hydrogens (tertiary/aromatic N) is 1. The Bertz CT molecular complexity index is 481. The van der Waals surface area contributed by atoms with Crippen LogP contribution in [0.2, 0.25) is 0 Å².